The third-order valence-electron chi connectivity index (χ3n) is 3.45. The Morgan fingerprint density at radius 3 is 2.68 bits per heavy atom. The minimum Gasteiger partial charge on any atom is -0.496 e. The third kappa shape index (κ3) is 3.69. The predicted molar refractivity (Wildman–Crippen MR) is 90.0 cm³/mol. The largest absolute Gasteiger partial charge is 0.496 e. The van der Waals surface area contributed by atoms with Gasteiger partial charge in [-0.15, -0.1) is 10.2 Å². The van der Waals surface area contributed by atoms with Gasteiger partial charge in [-0.05, 0) is 18.2 Å². The SMILES string of the molecule is COc1ccccc1CNC(=O)c1nnc(-c2ccccn2)[nH]c1=O. The van der Waals surface area contributed by atoms with Gasteiger partial charge in [0.05, 0.1) is 7.11 Å². The van der Waals surface area contributed by atoms with Crippen molar-refractivity contribution in [1.29, 1.82) is 0 Å². The number of rotatable bonds is 5. The molecule has 0 radical (unpaired) electrons. The fourth-order valence-corrected chi connectivity index (χ4v) is 2.21. The number of H-pyrrole nitrogens is 1. The molecule has 3 aromatic rings. The van der Waals surface area contributed by atoms with Crippen LogP contribution in [0.2, 0.25) is 0 Å². The van der Waals surface area contributed by atoms with E-state index in [9.17, 15) is 9.59 Å². The Morgan fingerprint density at radius 1 is 1.16 bits per heavy atom. The maximum absolute atomic E-state index is 12.2. The Hall–Kier alpha value is -3.55. The zero-order valence-electron chi connectivity index (χ0n) is 13.4. The average Bonchev–Trinajstić information content (AvgIpc) is 2.67. The van der Waals surface area contributed by atoms with Crippen LogP contribution >= 0.6 is 0 Å². The molecular weight excluding hydrogens is 322 g/mol. The van der Waals surface area contributed by atoms with Crippen LogP contribution in [0, 0.1) is 0 Å². The van der Waals surface area contributed by atoms with E-state index in [1.165, 1.54) is 0 Å². The van der Waals surface area contributed by atoms with Gasteiger partial charge in [-0.3, -0.25) is 14.6 Å². The lowest BCUT2D eigenvalue weighted by Crippen LogP contribution is -2.31. The highest BCUT2D eigenvalue weighted by molar-refractivity contribution is 5.91. The molecule has 0 saturated carbocycles. The molecule has 0 aliphatic carbocycles. The van der Waals surface area contributed by atoms with Crippen molar-refractivity contribution in [2.45, 2.75) is 6.54 Å². The molecule has 8 nitrogen and oxygen atoms in total. The zero-order chi connectivity index (χ0) is 17.6. The van der Waals surface area contributed by atoms with Gasteiger partial charge in [-0.2, -0.15) is 0 Å². The van der Waals surface area contributed by atoms with Crippen molar-refractivity contribution in [3.8, 4) is 17.3 Å². The molecule has 0 fully saturated rings. The van der Waals surface area contributed by atoms with Crippen LogP contribution in [0.4, 0.5) is 0 Å². The highest BCUT2D eigenvalue weighted by Crippen LogP contribution is 2.16. The summed E-state index contributed by atoms with van der Waals surface area (Å²) in [5, 5.41) is 10.2. The second-order valence-corrected chi connectivity index (χ2v) is 5.06. The summed E-state index contributed by atoms with van der Waals surface area (Å²) in [6, 6.07) is 12.5. The van der Waals surface area contributed by atoms with Gasteiger partial charge in [0.1, 0.15) is 11.4 Å². The number of amides is 1. The number of benzene rings is 1. The van der Waals surface area contributed by atoms with E-state index in [1.54, 1.807) is 37.6 Å². The molecule has 0 spiro atoms. The minimum absolute atomic E-state index is 0.200. The highest BCUT2D eigenvalue weighted by Gasteiger charge is 2.15. The second kappa shape index (κ2) is 7.35. The first kappa shape index (κ1) is 16.3. The second-order valence-electron chi connectivity index (χ2n) is 5.06. The van der Waals surface area contributed by atoms with Crippen molar-refractivity contribution in [3.05, 3.63) is 70.3 Å². The molecule has 0 saturated heterocycles. The van der Waals surface area contributed by atoms with Gasteiger partial charge in [0.15, 0.2) is 5.82 Å². The van der Waals surface area contributed by atoms with Crippen molar-refractivity contribution in [2.75, 3.05) is 7.11 Å². The van der Waals surface area contributed by atoms with E-state index in [4.69, 9.17) is 4.74 Å². The summed E-state index contributed by atoms with van der Waals surface area (Å²) in [4.78, 5) is 30.9. The number of hydrogen-bond acceptors (Lipinski definition) is 6. The monoisotopic (exact) mass is 337 g/mol. The Labute approximate surface area is 142 Å². The normalized spacial score (nSPS) is 10.3. The van der Waals surface area contributed by atoms with Crippen LogP contribution in [0.3, 0.4) is 0 Å². The van der Waals surface area contributed by atoms with Gasteiger partial charge < -0.3 is 15.0 Å². The van der Waals surface area contributed by atoms with Crippen LogP contribution in [-0.2, 0) is 6.54 Å². The molecule has 0 unspecified atom stereocenters. The standard InChI is InChI=1S/C17H15N5O3/c1-25-13-8-3-2-6-11(13)10-19-16(23)14-17(24)20-15(22-21-14)12-7-4-5-9-18-12/h2-9H,10H2,1H3,(H,19,23)(H,20,22,24). The third-order valence-corrected chi connectivity index (χ3v) is 3.45. The molecule has 0 atom stereocenters. The number of pyridine rings is 1. The van der Waals surface area contributed by atoms with Crippen LogP contribution in [0.15, 0.2) is 53.5 Å². The van der Waals surface area contributed by atoms with Gasteiger partial charge in [0.2, 0.25) is 5.69 Å². The molecule has 1 aromatic carbocycles. The van der Waals surface area contributed by atoms with Crippen LogP contribution < -0.4 is 15.6 Å². The Balaban J connectivity index is 1.75. The zero-order valence-corrected chi connectivity index (χ0v) is 13.4. The number of methoxy groups -OCH3 is 1. The fourth-order valence-electron chi connectivity index (χ4n) is 2.21. The molecule has 25 heavy (non-hydrogen) atoms. The Bertz CT molecular complexity index is 940. The molecule has 126 valence electrons. The fraction of sp³-hybridized carbons (Fsp3) is 0.118. The molecule has 3 rings (SSSR count). The number of nitrogens with zero attached hydrogens (tertiary/aromatic N) is 3. The van der Waals surface area contributed by atoms with Gasteiger partial charge in [-0.1, -0.05) is 24.3 Å². The van der Waals surface area contributed by atoms with Gasteiger partial charge in [0, 0.05) is 18.3 Å². The van der Waals surface area contributed by atoms with E-state index < -0.39 is 11.5 Å². The Morgan fingerprint density at radius 2 is 1.96 bits per heavy atom. The van der Waals surface area contributed by atoms with Crippen molar-refractivity contribution >= 4 is 5.91 Å². The predicted octanol–water partition coefficient (Wildman–Crippen LogP) is 1.17. The van der Waals surface area contributed by atoms with E-state index in [0.29, 0.717) is 11.4 Å². The summed E-state index contributed by atoms with van der Waals surface area (Å²) >= 11 is 0. The van der Waals surface area contributed by atoms with Crippen LogP contribution in [-0.4, -0.2) is 33.2 Å². The molecule has 1 amide bonds. The molecule has 8 heteroatoms. The van der Waals surface area contributed by atoms with E-state index in [-0.39, 0.29) is 18.1 Å². The first-order valence-corrected chi connectivity index (χ1v) is 7.47. The molecule has 2 aromatic heterocycles. The maximum Gasteiger partial charge on any atom is 0.283 e. The van der Waals surface area contributed by atoms with Gasteiger partial charge in [0.25, 0.3) is 11.5 Å². The van der Waals surface area contributed by atoms with Crippen molar-refractivity contribution in [2.24, 2.45) is 0 Å². The number of para-hydroxylation sites is 1. The average molecular weight is 337 g/mol. The van der Waals surface area contributed by atoms with Crippen molar-refractivity contribution in [3.63, 3.8) is 0 Å². The van der Waals surface area contributed by atoms with E-state index in [1.807, 2.05) is 18.2 Å². The summed E-state index contributed by atoms with van der Waals surface area (Å²) in [7, 11) is 1.55. The summed E-state index contributed by atoms with van der Waals surface area (Å²) < 4.78 is 5.22. The van der Waals surface area contributed by atoms with E-state index in [0.717, 1.165) is 5.56 Å². The summed E-state index contributed by atoms with van der Waals surface area (Å²) in [5.74, 6) is 0.229. The number of hydrogen-bond donors (Lipinski definition) is 2. The lowest BCUT2D eigenvalue weighted by atomic mass is 10.2. The molecule has 0 aliphatic rings. The topological polar surface area (TPSA) is 110 Å². The van der Waals surface area contributed by atoms with Crippen LogP contribution in [0.25, 0.3) is 11.5 Å². The van der Waals surface area contributed by atoms with Crippen LogP contribution in [0.5, 0.6) is 5.75 Å². The smallest absolute Gasteiger partial charge is 0.283 e. The number of carbonyl (C=O) groups excluding carboxylic acids is 1. The van der Waals surface area contributed by atoms with Crippen molar-refractivity contribution < 1.29 is 9.53 Å². The van der Waals surface area contributed by atoms with Gasteiger partial charge in [-0.25, -0.2) is 0 Å². The van der Waals surface area contributed by atoms with Gasteiger partial charge >= 0.3 is 0 Å². The number of carbonyl (C=O) groups is 1. The Kier molecular flexibility index (Phi) is 4.79. The molecule has 0 bridgehead atoms. The molecule has 0 aliphatic heterocycles. The first-order valence-electron chi connectivity index (χ1n) is 7.47. The lowest BCUT2D eigenvalue weighted by molar-refractivity contribution is 0.0943. The summed E-state index contributed by atoms with van der Waals surface area (Å²) in [6.45, 7) is 0.200. The summed E-state index contributed by atoms with van der Waals surface area (Å²) in [6.07, 6.45) is 1.57. The quantitative estimate of drug-likeness (QED) is 0.723. The minimum atomic E-state index is -0.631. The highest BCUT2D eigenvalue weighted by atomic mass is 16.5. The maximum atomic E-state index is 12.2. The lowest BCUT2D eigenvalue weighted by Gasteiger charge is -2.09. The number of ether oxygens (including phenoxy) is 1. The molecule has 2 N–H and O–H groups in total. The summed E-state index contributed by atoms with van der Waals surface area (Å²) in [5.41, 5.74) is 0.309. The number of nitrogens with one attached hydrogen (secondary N) is 2. The molecular formula is C17H15N5O3. The number of aromatic nitrogens is 4. The van der Waals surface area contributed by atoms with Crippen molar-refractivity contribution in [1.82, 2.24) is 25.5 Å². The van der Waals surface area contributed by atoms with E-state index >= 15 is 0 Å². The first-order chi connectivity index (χ1) is 12.2. The van der Waals surface area contributed by atoms with Crippen LogP contribution in [0.1, 0.15) is 16.1 Å². The number of aromatic amines is 1. The molecule has 2 heterocycles. The van der Waals surface area contributed by atoms with E-state index in [2.05, 4.69) is 25.5 Å².